The molecule has 3 amide bonds. The first kappa shape index (κ1) is 31.5. The predicted molar refractivity (Wildman–Crippen MR) is 168 cm³/mol. The van der Waals surface area contributed by atoms with Crippen molar-refractivity contribution in [3.63, 3.8) is 0 Å². The number of β-lactam (4-membered cyclic amide) rings is 1. The fourth-order valence-electron chi connectivity index (χ4n) is 4.89. The number of rotatable bonds is 11. The Labute approximate surface area is 270 Å². The lowest BCUT2D eigenvalue weighted by molar-refractivity contribution is -0.162. The van der Waals surface area contributed by atoms with Crippen LogP contribution < -0.4 is 10.6 Å². The van der Waals surface area contributed by atoms with Gasteiger partial charge >= 0.3 is 5.97 Å². The van der Waals surface area contributed by atoms with E-state index in [0.29, 0.717) is 6.41 Å². The average Bonchev–Trinajstić information content (AvgIpc) is 3.49. The van der Waals surface area contributed by atoms with Crippen molar-refractivity contribution >= 4 is 81.3 Å². The first-order chi connectivity index (χ1) is 21.3. The zero-order valence-corrected chi connectivity index (χ0v) is 26.2. The van der Waals surface area contributed by atoms with Crippen molar-refractivity contribution in [1.82, 2.24) is 15.2 Å². The minimum atomic E-state index is -1.35. The molecule has 2 saturated heterocycles. The zero-order valence-electron chi connectivity index (χ0n) is 23.0. The Bertz CT molecular complexity index is 1560. The van der Waals surface area contributed by atoms with Crippen LogP contribution in [0.15, 0.2) is 81.8 Å². The zero-order chi connectivity index (χ0) is 31.3. The number of anilines is 1. The topological polar surface area (TPSA) is 139 Å². The number of carbonyl (C=O) groups is 4. The van der Waals surface area contributed by atoms with E-state index in [1.807, 2.05) is 60.7 Å². The second kappa shape index (κ2) is 13.8. The predicted octanol–water partition coefficient (Wildman–Crippen LogP) is 4.10. The monoisotopic (exact) mass is 673 g/mol. The summed E-state index contributed by atoms with van der Waals surface area (Å²) in [6, 6.07) is 17.7. The van der Waals surface area contributed by atoms with Gasteiger partial charge in [-0.15, -0.1) is 23.1 Å². The Kier molecular flexibility index (Phi) is 9.89. The van der Waals surface area contributed by atoms with Crippen molar-refractivity contribution in [2.24, 2.45) is 10.6 Å². The van der Waals surface area contributed by atoms with E-state index in [1.54, 1.807) is 0 Å². The van der Waals surface area contributed by atoms with Gasteiger partial charge in [-0.05, 0) is 17.2 Å². The summed E-state index contributed by atoms with van der Waals surface area (Å²) < 4.78 is 6.01. The summed E-state index contributed by atoms with van der Waals surface area (Å²) in [6.07, 6.45) is 1.16. The number of esters is 1. The highest BCUT2D eigenvalue weighted by Gasteiger charge is 2.57. The molecule has 2 aromatic carbocycles. The van der Waals surface area contributed by atoms with Crippen molar-refractivity contribution in [1.29, 1.82) is 0 Å². The standard InChI is InChI=1S/C29H25Cl2N5O6S2/c1-41-35-21(19-13-43-28(33-19)32-16-37)24(38)34-22-25(39)36-14-29(12-20(30)31,15-44-26(22)36)27(40)42-23(17-8-4-2-5-9-17)18-10-6-3-7-11-18/h2-13,16,22-23,26H,14-15H2,1H3,(H,34,38)(H,32,33,37)/t22?,26-,29?/m1/s1. The molecule has 3 heterocycles. The van der Waals surface area contributed by atoms with Crippen LogP contribution in [0.1, 0.15) is 22.9 Å². The highest BCUT2D eigenvalue weighted by atomic mass is 35.5. The number of nitrogens with one attached hydrogen (secondary N) is 2. The lowest BCUT2D eigenvalue weighted by atomic mass is 9.87. The molecule has 0 radical (unpaired) electrons. The third-order valence-electron chi connectivity index (χ3n) is 6.94. The maximum Gasteiger partial charge on any atom is 0.319 e. The third-order valence-corrected chi connectivity index (χ3v) is 9.48. The highest BCUT2D eigenvalue weighted by Crippen LogP contribution is 2.45. The van der Waals surface area contributed by atoms with Gasteiger partial charge in [0, 0.05) is 17.7 Å². The molecule has 3 aromatic rings. The van der Waals surface area contributed by atoms with Gasteiger partial charge in [0.25, 0.3) is 5.91 Å². The van der Waals surface area contributed by atoms with Gasteiger partial charge < -0.3 is 25.1 Å². The van der Waals surface area contributed by atoms with Gasteiger partial charge in [0.05, 0.1) is 0 Å². The number of benzene rings is 2. The molecule has 5 rings (SSSR count). The van der Waals surface area contributed by atoms with E-state index in [1.165, 1.54) is 35.2 Å². The highest BCUT2D eigenvalue weighted by molar-refractivity contribution is 8.00. The number of thioether (sulfide) groups is 1. The molecule has 2 aliphatic heterocycles. The summed E-state index contributed by atoms with van der Waals surface area (Å²) in [5.41, 5.74) is 0.189. The Hall–Kier alpha value is -3.91. The molecule has 0 bridgehead atoms. The number of aromatic nitrogens is 1. The van der Waals surface area contributed by atoms with Crippen LogP contribution in [0.5, 0.6) is 0 Å². The summed E-state index contributed by atoms with van der Waals surface area (Å²) >= 11 is 14.6. The molecule has 228 valence electrons. The summed E-state index contributed by atoms with van der Waals surface area (Å²) in [5.74, 6) is -1.52. The number of ether oxygens (including phenoxy) is 1. The van der Waals surface area contributed by atoms with E-state index in [2.05, 4.69) is 20.8 Å². The van der Waals surface area contributed by atoms with E-state index in [9.17, 15) is 19.2 Å². The minimum Gasteiger partial charge on any atom is -0.452 e. The van der Waals surface area contributed by atoms with Crippen molar-refractivity contribution in [3.05, 3.63) is 93.4 Å². The first-order valence-electron chi connectivity index (χ1n) is 13.1. The van der Waals surface area contributed by atoms with Crippen molar-refractivity contribution in [2.45, 2.75) is 17.5 Å². The molecule has 2 aliphatic rings. The SMILES string of the molecule is CON=C(C(=O)NC1C(=O)N2CC(C=C(Cl)Cl)(C(=O)OC(c3ccccc3)c3ccccc3)CS[C@H]12)c1csc(NC=O)n1. The van der Waals surface area contributed by atoms with E-state index in [-0.39, 0.29) is 33.3 Å². The number of amides is 3. The van der Waals surface area contributed by atoms with E-state index >= 15 is 0 Å². The Balaban J connectivity index is 1.33. The van der Waals surface area contributed by atoms with Gasteiger partial charge in [-0.3, -0.25) is 19.2 Å². The van der Waals surface area contributed by atoms with Crippen LogP contribution in [0.25, 0.3) is 0 Å². The molecule has 0 aliphatic carbocycles. The van der Waals surface area contributed by atoms with E-state index in [0.717, 1.165) is 22.5 Å². The fourth-order valence-corrected chi connectivity index (χ4v) is 7.45. The van der Waals surface area contributed by atoms with Crippen LogP contribution >= 0.6 is 46.3 Å². The summed E-state index contributed by atoms with van der Waals surface area (Å²) in [4.78, 5) is 61.6. The minimum absolute atomic E-state index is 0.0558. The van der Waals surface area contributed by atoms with Crippen molar-refractivity contribution in [3.8, 4) is 0 Å². The fraction of sp³-hybridized carbons (Fsp3) is 0.241. The van der Waals surface area contributed by atoms with Crippen molar-refractivity contribution < 1.29 is 28.8 Å². The number of carbonyl (C=O) groups excluding carboxylic acids is 4. The first-order valence-corrected chi connectivity index (χ1v) is 15.8. The largest absolute Gasteiger partial charge is 0.452 e. The maximum absolute atomic E-state index is 14.0. The average molecular weight is 675 g/mol. The number of halogens is 2. The maximum atomic E-state index is 14.0. The summed E-state index contributed by atoms with van der Waals surface area (Å²) in [6.45, 7) is -0.0558. The molecule has 15 heteroatoms. The van der Waals surface area contributed by atoms with Crippen LogP contribution in [0.4, 0.5) is 5.13 Å². The molecule has 2 fully saturated rings. The van der Waals surface area contributed by atoms with E-state index < -0.39 is 40.7 Å². The van der Waals surface area contributed by atoms with E-state index in [4.69, 9.17) is 32.8 Å². The number of fused-ring (bicyclic) bond motifs is 1. The Morgan fingerprint density at radius 3 is 2.39 bits per heavy atom. The quantitative estimate of drug-likeness (QED) is 0.102. The van der Waals surface area contributed by atoms with Crippen LogP contribution in [0, 0.1) is 5.41 Å². The van der Waals surface area contributed by atoms with Crippen LogP contribution in [0.3, 0.4) is 0 Å². The molecule has 1 aromatic heterocycles. The Morgan fingerprint density at radius 2 is 1.80 bits per heavy atom. The molecule has 44 heavy (non-hydrogen) atoms. The summed E-state index contributed by atoms with van der Waals surface area (Å²) in [5, 5.41) is 10.2. The smallest absolute Gasteiger partial charge is 0.319 e. The van der Waals surface area contributed by atoms with Gasteiger partial charge in [0.2, 0.25) is 12.3 Å². The van der Waals surface area contributed by atoms with Crippen molar-refractivity contribution in [2.75, 3.05) is 24.7 Å². The van der Waals surface area contributed by atoms with Gasteiger partial charge in [-0.25, -0.2) is 4.98 Å². The molecule has 11 nitrogen and oxygen atoms in total. The molecule has 0 saturated carbocycles. The molecule has 2 N–H and O–H groups in total. The molecule has 3 atom stereocenters. The second-order valence-corrected chi connectivity index (χ2v) is 12.7. The lowest BCUT2D eigenvalue weighted by Gasteiger charge is -2.53. The number of hydrogen-bond donors (Lipinski definition) is 2. The number of oxime groups is 1. The number of thiazole rings is 1. The molecular weight excluding hydrogens is 649 g/mol. The Morgan fingerprint density at radius 1 is 1.14 bits per heavy atom. The van der Waals surface area contributed by atoms with Gasteiger partial charge in [-0.1, -0.05) is 89.0 Å². The molecule has 0 spiro atoms. The molecular formula is C29H25Cl2N5O6S2. The van der Waals surface area contributed by atoms with Crippen LogP contribution in [-0.2, 0) is 28.8 Å². The molecule has 2 unspecified atom stereocenters. The van der Waals surface area contributed by atoms with Gasteiger partial charge in [0.15, 0.2) is 16.9 Å². The third kappa shape index (κ3) is 6.60. The second-order valence-electron chi connectivity index (χ2n) is 9.74. The van der Waals surface area contributed by atoms with Gasteiger partial charge in [-0.2, -0.15) is 0 Å². The number of nitrogens with zero attached hydrogens (tertiary/aromatic N) is 3. The lowest BCUT2D eigenvalue weighted by Crippen LogP contribution is -2.74. The normalized spacial score (nSPS) is 21.0. The number of hydrogen-bond acceptors (Lipinski definition) is 10. The van der Waals surface area contributed by atoms with Crippen LogP contribution in [0.2, 0.25) is 0 Å². The van der Waals surface area contributed by atoms with Gasteiger partial charge in [0.1, 0.15) is 34.1 Å². The van der Waals surface area contributed by atoms with Crippen LogP contribution in [-0.4, -0.2) is 70.6 Å². The summed E-state index contributed by atoms with van der Waals surface area (Å²) in [7, 11) is 1.27.